The number of nitrogens with zero attached hydrogens (tertiary/aromatic N) is 4. The van der Waals surface area contributed by atoms with Gasteiger partial charge in [-0.15, -0.1) is 5.10 Å². The zero-order valence-electron chi connectivity index (χ0n) is 17.0. The third-order valence-corrected chi connectivity index (χ3v) is 6.65. The van der Waals surface area contributed by atoms with Gasteiger partial charge < -0.3 is 0 Å². The normalized spacial score (nSPS) is 24.2. The summed E-state index contributed by atoms with van der Waals surface area (Å²) < 4.78 is 17.0. The van der Waals surface area contributed by atoms with Crippen LogP contribution < -0.4 is 5.69 Å². The van der Waals surface area contributed by atoms with E-state index >= 15 is 0 Å². The number of halogens is 1. The first-order chi connectivity index (χ1) is 14.7. The Morgan fingerprint density at radius 2 is 1.80 bits per heavy atom. The van der Waals surface area contributed by atoms with Gasteiger partial charge in [-0.05, 0) is 56.2 Å². The fraction of sp³-hybridized carbons (Fsp3) is 0.417. The zero-order chi connectivity index (χ0) is 20.5. The Hall–Kier alpha value is -2.73. The molecule has 5 nitrogen and oxygen atoms in total. The van der Waals surface area contributed by atoms with E-state index < -0.39 is 0 Å². The monoisotopic (exact) mass is 406 g/mol. The van der Waals surface area contributed by atoms with Gasteiger partial charge in [0.2, 0.25) is 0 Å². The van der Waals surface area contributed by atoms with Crippen LogP contribution in [-0.4, -0.2) is 37.7 Å². The number of pyridine rings is 1. The fourth-order valence-electron chi connectivity index (χ4n) is 5.21. The fourth-order valence-corrected chi connectivity index (χ4v) is 5.21. The van der Waals surface area contributed by atoms with E-state index in [1.54, 1.807) is 21.3 Å². The minimum atomic E-state index is -0.156. The summed E-state index contributed by atoms with van der Waals surface area (Å²) in [6.07, 6.45) is 11.6. The molecule has 3 aromatic rings. The first kappa shape index (κ1) is 19.2. The zero-order valence-corrected chi connectivity index (χ0v) is 17.0. The van der Waals surface area contributed by atoms with E-state index in [2.05, 4.69) is 16.1 Å². The van der Waals surface area contributed by atoms with Crippen LogP contribution in [0.3, 0.4) is 0 Å². The average molecular weight is 407 g/mol. The predicted octanol–water partition coefficient (Wildman–Crippen LogP) is 3.98. The van der Waals surface area contributed by atoms with Gasteiger partial charge in [-0.3, -0.25) is 9.30 Å². The average Bonchev–Trinajstić information content (AvgIpc) is 3.19. The van der Waals surface area contributed by atoms with E-state index in [1.165, 1.54) is 18.9 Å². The third-order valence-electron chi connectivity index (χ3n) is 6.65. The van der Waals surface area contributed by atoms with Crippen LogP contribution in [0.4, 0.5) is 4.39 Å². The molecule has 2 unspecified atom stereocenters. The number of piperidine rings is 1. The summed E-state index contributed by atoms with van der Waals surface area (Å²) in [5.41, 5.74) is 1.31. The summed E-state index contributed by atoms with van der Waals surface area (Å²) in [4.78, 5) is 15.1. The molecule has 2 aliphatic rings. The molecule has 2 aliphatic heterocycles. The summed E-state index contributed by atoms with van der Waals surface area (Å²) in [7, 11) is 0. The van der Waals surface area contributed by atoms with Gasteiger partial charge in [0.05, 0.1) is 0 Å². The molecule has 2 atom stereocenters. The first-order valence-corrected chi connectivity index (χ1v) is 10.9. The van der Waals surface area contributed by atoms with E-state index in [4.69, 9.17) is 0 Å². The third kappa shape index (κ3) is 3.72. The van der Waals surface area contributed by atoms with Gasteiger partial charge in [-0.2, -0.15) is 0 Å². The number of hydrogen-bond acceptors (Lipinski definition) is 3. The molecular weight excluding hydrogens is 379 g/mol. The van der Waals surface area contributed by atoms with Crippen molar-refractivity contribution < 1.29 is 4.39 Å². The summed E-state index contributed by atoms with van der Waals surface area (Å²) in [5.74, 6) is 0.357. The summed E-state index contributed by atoms with van der Waals surface area (Å²) in [5, 5.41) is 4.43. The van der Waals surface area contributed by atoms with E-state index in [-0.39, 0.29) is 11.5 Å². The molecule has 0 amide bonds. The maximum atomic E-state index is 13.9. The van der Waals surface area contributed by atoms with Crippen molar-refractivity contribution in [3.05, 3.63) is 76.6 Å². The molecule has 30 heavy (non-hydrogen) atoms. The Bertz CT molecular complexity index is 1100. The van der Waals surface area contributed by atoms with Crippen LogP contribution in [-0.2, 0) is 6.54 Å². The molecule has 156 valence electrons. The van der Waals surface area contributed by atoms with Gasteiger partial charge in [0.25, 0.3) is 0 Å². The second-order valence-corrected chi connectivity index (χ2v) is 8.52. The minimum absolute atomic E-state index is 0.0643. The first-order valence-electron chi connectivity index (χ1n) is 10.9. The lowest BCUT2D eigenvalue weighted by Crippen LogP contribution is -2.43. The van der Waals surface area contributed by atoms with Crippen molar-refractivity contribution in [2.24, 2.45) is 5.92 Å². The number of aryl methyl sites for hydroxylation is 1. The van der Waals surface area contributed by atoms with Gasteiger partial charge in [0, 0.05) is 36.9 Å². The molecular formula is C24H27FN4O. The van der Waals surface area contributed by atoms with Crippen LogP contribution in [0, 0.1) is 11.7 Å². The van der Waals surface area contributed by atoms with Crippen LogP contribution in [0.25, 0.3) is 11.7 Å². The highest BCUT2D eigenvalue weighted by atomic mass is 19.1. The number of benzene rings is 1. The van der Waals surface area contributed by atoms with E-state index in [0.717, 1.165) is 25.8 Å². The summed E-state index contributed by atoms with van der Waals surface area (Å²) >= 11 is 0. The SMILES string of the molecule is O=c1n(CCCN2C3CCC2CC(C=Cc2ccccc2F)C3)nc2ccccn12. The molecule has 2 fully saturated rings. The van der Waals surface area contributed by atoms with Gasteiger partial charge in [0.15, 0.2) is 5.65 Å². The molecule has 2 bridgehead atoms. The molecule has 0 saturated carbocycles. The van der Waals surface area contributed by atoms with Crippen molar-refractivity contribution in [2.75, 3.05) is 6.54 Å². The van der Waals surface area contributed by atoms with Crippen molar-refractivity contribution in [1.82, 2.24) is 19.1 Å². The number of allylic oxidation sites excluding steroid dienone is 1. The molecule has 6 heteroatoms. The highest BCUT2D eigenvalue weighted by molar-refractivity contribution is 5.50. The predicted molar refractivity (Wildman–Crippen MR) is 116 cm³/mol. The second-order valence-electron chi connectivity index (χ2n) is 8.52. The van der Waals surface area contributed by atoms with Crippen LogP contribution in [0.1, 0.15) is 37.7 Å². The van der Waals surface area contributed by atoms with Crippen molar-refractivity contribution >= 4 is 11.7 Å². The lowest BCUT2D eigenvalue weighted by atomic mass is 9.89. The van der Waals surface area contributed by atoms with Gasteiger partial charge in [-0.1, -0.05) is 36.4 Å². The summed E-state index contributed by atoms with van der Waals surface area (Å²) in [6.45, 7) is 1.65. The van der Waals surface area contributed by atoms with Gasteiger partial charge in [-0.25, -0.2) is 13.9 Å². The van der Waals surface area contributed by atoms with Crippen molar-refractivity contribution in [3.8, 4) is 0 Å². The van der Waals surface area contributed by atoms with Crippen molar-refractivity contribution in [1.29, 1.82) is 0 Å². The van der Waals surface area contributed by atoms with Crippen LogP contribution in [0.5, 0.6) is 0 Å². The van der Waals surface area contributed by atoms with Gasteiger partial charge in [0.1, 0.15) is 5.82 Å². The Labute approximate surface area is 175 Å². The quantitative estimate of drug-likeness (QED) is 0.622. The largest absolute Gasteiger partial charge is 0.350 e. The number of fused-ring (bicyclic) bond motifs is 3. The molecule has 1 aromatic carbocycles. The number of rotatable bonds is 6. The molecule has 0 aliphatic carbocycles. The van der Waals surface area contributed by atoms with E-state index in [9.17, 15) is 9.18 Å². The van der Waals surface area contributed by atoms with Crippen LogP contribution in [0.2, 0.25) is 0 Å². The molecule has 0 spiro atoms. The Morgan fingerprint density at radius 1 is 1.03 bits per heavy atom. The molecule has 5 rings (SSSR count). The van der Waals surface area contributed by atoms with Crippen molar-refractivity contribution in [3.63, 3.8) is 0 Å². The lowest BCUT2D eigenvalue weighted by molar-refractivity contribution is 0.115. The van der Waals surface area contributed by atoms with E-state index in [0.29, 0.717) is 35.8 Å². The molecule has 2 aromatic heterocycles. The molecule has 0 N–H and O–H groups in total. The van der Waals surface area contributed by atoms with Crippen LogP contribution >= 0.6 is 0 Å². The van der Waals surface area contributed by atoms with Gasteiger partial charge >= 0.3 is 5.69 Å². The lowest BCUT2D eigenvalue weighted by Gasteiger charge is -2.38. The second kappa shape index (κ2) is 8.19. The summed E-state index contributed by atoms with van der Waals surface area (Å²) in [6, 6.07) is 13.7. The topological polar surface area (TPSA) is 42.5 Å². The smallest absolute Gasteiger partial charge is 0.297 e. The highest BCUT2D eigenvalue weighted by Crippen LogP contribution is 2.39. The molecule has 4 heterocycles. The molecule has 2 saturated heterocycles. The minimum Gasteiger partial charge on any atom is -0.297 e. The maximum Gasteiger partial charge on any atom is 0.350 e. The van der Waals surface area contributed by atoms with Crippen molar-refractivity contribution in [2.45, 2.75) is 50.7 Å². The Morgan fingerprint density at radius 3 is 2.57 bits per heavy atom. The molecule has 0 radical (unpaired) electrons. The van der Waals surface area contributed by atoms with E-state index in [1.807, 2.05) is 36.4 Å². The number of hydrogen-bond donors (Lipinski definition) is 0. The standard InChI is InChI=1S/C24H27FN4O/c25-22-7-2-1-6-19(22)10-9-18-16-20-11-12-21(17-18)27(20)14-5-15-29-24(30)28-13-4-3-8-23(28)26-29/h1-4,6-10,13,18,20-21H,5,11-12,14-17H2. The van der Waals surface area contributed by atoms with Crippen LogP contribution in [0.15, 0.2) is 59.5 Å². The highest BCUT2D eigenvalue weighted by Gasteiger charge is 2.39. The Kier molecular flexibility index (Phi) is 5.25. The maximum absolute atomic E-state index is 13.9. The number of aromatic nitrogens is 3. The Balaban J connectivity index is 1.18.